The highest BCUT2D eigenvalue weighted by atomic mass is 35.5. The standard InChI is InChI=1S/C22H21ClN4O3/c1-14-4-9-19-18(10-14)25-20(30-19)13-27(12-15-5-7-16(29-3)8-6-15)22(28)17-11-24-26(2)21(17)23/h4-11H,12-13H2,1-3H3. The molecule has 0 aliphatic carbocycles. The predicted molar refractivity (Wildman–Crippen MR) is 114 cm³/mol. The number of methoxy groups -OCH3 is 1. The number of rotatable bonds is 6. The van der Waals surface area contributed by atoms with Crippen molar-refractivity contribution in [2.24, 2.45) is 7.05 Å². The Balaban J connectivity index is 1.65. The fourth-order valence-corrected chi connectivity index (χ4v) is 3.38. The normalized spacial score (nSPS) is 11.1. The van der Waals surface area contributed by atoms with Crippen molar-refractivity contribution < 1.29 is 13.9 Å². The molecule has 2 aromatic heterocycles. The van der Waals surface area contributed by atoms with Crippen LogP contribution in [0.4, 0.5) is 0 Å². The van der Waals surface area contributed by atoms with Crippen LogP contribution in [0.15, 0.2) is 53.1 Å². The van der Waals surface area contributed by atoms with Gasteiger partial charge in [0.2, 0.25) is 5.89 Å². The minimum atomic E-state index is -0.248. The Morgan fingerprint density at radius 3 is 2.63 bits per heavy atom. The number of fused-ring (bicyclic) bond motifs is 1. The average molecular weight is 425 g/mol. The Bertz CT molecular complexity index is 1200. The van der Waals surface area contributed by atoms with Crippen molar-refractivity contribution in [3.05, 3.63) is 76.4 Å². The molecule has 2 heterocycles. The molecule has 1 amide bonds. The SMILES string of the molecule is COc1ccc(CN(Cc2nc3cc(C)ccc3o2)C(=O)c2cnn(C)c2Cl)cc1. The van der Waals surface area contributed by atoms with Crippen LogP contribution in [0.2, 0.25) is 5.15 Å². The number of carbonyl (C=O) groups excluding carboxylic acids is 1. The van der Waals surface area contributed by atoms with Gasteiger partial charge in [-0.2, -0.15) is 5.10 Å². The largest absolute Gasteiger partial charge is 0.497 e. The van der Waals surface area contributed by atoms with E-state index in [0.29, 0.717) is 23.6 Å². The van der Waals surface area contributed by atoms with E-state index in [1.165, 1.54) is 10.9 Å². The van der Waals surface area contributed by atoms with Gasteiger partial charge in [-0.15, -0.1) is 0 Å². The lowest BCUT2D eigenvalue weighted by molar-refractivity contribution is 0.0715. The summed E-state index contributed by atoms with van der Waals surface area (Å²) in [5.41, 5.74) is 3.82. The van der Waals surface area contributed by atoms with E-state index in [2.05, 4.69) is 10.1 Å². The summed E-state index contributed by atoms with van der Waals surface area (Å²) < 4.78 is 12.5. The number of nitrogens with zero attached hydrogens (tertiary/aromatic N) is 4. The van der Waals surface area contributed by atoms with Crippen molar-refractivity contribution in [3.63, 3.8) is 0 Å². The lowest BCUT2D eigenvalue weighted by atomic mass is 10.2. The zero-order valence-corrected chi connectivity index (χ0v) is 17.7. The summed E-state index contributed by atoms with van der Waals surface area (Å²) in [4.78, 5) is 19.5. The summed E-state index contributed by atoms with van der Waals surface area (Å²) in [6.45, 7) is 2.55. The predicted octanol–water partition coefficient (Wildman–Crippen LogP) is 4.37. The van der Waals surface area contributed by atoms with E-state index in [0.717, 1.165) is 22.4 Å². The first-order valence-corrected chi connectivity index (χ1v) is 9.78. The second-order valence-electron chi connectivity index (χ2n) is 7.06. The monoisotopic (exact) mass is 424 g/mol. The van der Waals surface area contributed by atoms with Crippen LogP contribution in [0.25, 0.3) is 11.1 Å². The molecule has 7 nitrogen and oxygen atoms in total. The van der Waals surface area contributed by atoms with Crippen molar-refractivity contribution in [1.82, 2.24) is 19.7 Å². The van der Waals surface area contributed by atoms with E-state index in [9.17, 15) is 4.79 Å². The summed E-state index contributed by atoms with van der Waals surface area (Å²) in [5, 5.41) is 4.37. The minimum Gasteiger partial charge on any atom is -0.497 e. The lowest BCUT2D eigenvalue weighted by Gasteiger charge is -2.21. The molecular formula is C22H21ClN4O3. The summed E-state index contributed by atoms with van der Waals surface area (Å²) in [6, 6.07) is 13.4. The van der Waals surface area contributed by atoms with Gasteiger partial charge in [-0.25, -0.2) is 4.98 Å². The zero-order chi connectivity index (χ0) is 21.3. The fraction of sp³-hybridized carbons (Fsp3) is 0.227. The quantitative estimate of drug-likeness (QED) is 0.459. The molecule has 0 saturated carbocycles. The first kappa shape index (κ1) is 20.0. The van der Waals surface area contributed by atoms with Gasteiger partial charge in [0, 0.05) is 13.6 Å². The molecule has 0 aliphatic rings. The molecule has 0 N–H and O–H groups in total. The molecule has 0 bridgehead atoms. The van der Waals surface area contributed by atoms with E-state index in [4.69, 9.17) is 20.8 Å². The molecule has 30 heavy (non-hydrogen) atoms. The van der Waals surface area contributed by atoms with Crippen LogP contribution in [0, 0.1) is 6.92 Å². The third-order valence-electron chi connectivity index (χ3n) is 4.83. The molecule has 8 heteroatoms. The van der Waals surface area contributed by atoms with E-state index < -0.39 is 0 Å². The highest BCUT2D eigenvalue weighted by molar-refractivity contribution is 6.32. The summed E-state index contributed by atoms with van der Waals surface area (Å²) in [6.07, 6.45) is 1.47. The summed E-state index contributed by atoms with van der Waals surface area (Å²) in [5.74, 6) is 0.959. The second-order valence-corrected chi connectivity index (χ2v) is 7.42. The number of hydrogen-bond donors (Lipinski definition) is 0. The number of carbonyl (C=O) groups is 1. The van der Waals surface area contributed by atoms with Gasteiger partial charge in [0.05, 0.1) is 25.4 Å². The van der Waals surface area contributed by atoms with Crippen LogP contribution in [0.5, 0.6) is 5.75 Å². The van der Waals surface area contributed by atoms with Crippen molar-refractivity contribution in [2.45, 2.75) is 20.0 Å². The molecule has 0 fully saturated rings. The van der Waals surface area contributed by atoms with Gasteiger partial charge in [-0.3, -0.25) is 9.48 Å². The molecular weight excluding hydrogens is 404 g/mol. The average Bonchev–Trinajstić information content (AvgIpc) is 3.29. The molecule has 0 atom stereocenters. The fourth-order valence-electron chi connectivity index (χ4n) is 3.20. The molecule has 0 spiro atoms. The summed E-state index contributed by atoms with van der Waals surface area (Å²) in [7, 11) is 3.31. The van der Waals surface area contributed by atoms with Gasteiger partial charge in [-0.1, -0.05) is 29.8 Å². The van der Waals surface area contributed by atoms with Crippen LogP contribution < -0.4 is 4.74 Å². The Morgan fingerprint density at radius 1 is 1.20 bits per heavy atom. The third-order valence-corrected chi connectivity index (χ3v) is 5.28. The van der Waals surface area contributed by atoms with E-state index in [1.807, 2.05) is 49.4 Å². The second kappa shape index (κ2) is 8.20. The number of aromatic nitrogens is 3. The number of halogens is 1. The third kappa shape index (κ3) is 4.02. The van der Waals surface area contributed by atoms with Crippen molar-refractivity contribution >= 4 is 28.6 Å². The van der Waals surface area contributed by atoms with Crippen molar-refractivity contribution in [1.29, 1.82) is 0 Å². The molecule has 154 valence electrons. The number of hydrogen-bond acceptors (Lipinski definition) is 5. The first-order chi connectivity index (χ1) is 14.4. The maximum absolute atomic E-state index is 13.3. The number of oxazole rings is 1. The minimum absolute atomic E-state index is 0.198. The van der Waals surface area contributed by atoms with E-state index >= 15 is 0 Å². The van der Waals surface area contributed by atoms with Crippen LogP contribution in [0.3, 0.4) is 0 Å². The Morgan fingerprint density at radius 2 is 1.97 bits per heavy atom. The highest BCUT2D eigenvalue weighted by Crippen LogP contribution is 2.23. The van der Waals surface area contributed by atoms with E-state index in [-0.39, 0.29) is 17.6 Å². The molecule has 2 aromatic carbocycles. The number of aryl methyl sites for hydroxylation is 2. The number of amides is 1. The van der Waals surface area contributed by atoms with Gasteiger partial charge in [0.25, 0.3) is 5.91 Å². The van der Waals surface area contributed by atoms with Gasteiger partial charge in [0.15, 0.2) is 5.58 Å². The summed E-state index contributed by atoms with van der Waals surface area (Å²) >= 11 is 6.27. The first-order valence-electron chi connectivity index (χ1n) is 9.40. The van der Waals surface area contributed by atoms with Gasteiger partial charge >= 0.3 is 0 Å². The van der Waals surface area contributed by atoms with Crippen LogP contribution >= 0.6 is 11.6 Å². The van der Waals surface area contributed by atoms with Gasteiger partial charge < -0.3 is 14.1 Å². The maximum Gasteiger partial charge on any atom is 0.259 e. The maximum atomic E-state index is 13.3. The van der Waals surface area contributed by atoms with Gasteiger partial charge in [0.1, 0.15) is 16.4 Å². The van der Waals surface area contributed by atoms with Crippen molar-refractivity contribution in [3.8, 4) is 5.75 Å². The molecule has 0 unspecified atom stereocenters. The number of ether oxygens (including phenoxy) is 1. The van der Waals surface area contributed by atoms with E-state index in [1.54, 1.807) is 19.1 Å². The zero-order valence-electron chi connectivity index (χ0n) is 16.9. The number of benzene rings is 2. The van der Waals surface area contributed by atoms with Gasteiger partial charge in [-0.05, 0) is 42.3 Å². The molecule has 0 saturated heterocycles. The smallest absolute Gasteiger partial charge is 0.259 e. The Labute approximate surface area is 178 Å². The molecule has 4 aromatic rings. The van der Waals surface area contributed by atoms with Crippen LogP contribution in [0.1, 0.15) is 27.4 Å². The van der Waals surface area contributed by atoms with Crippen molar-refractivity contribution in [2.75, 3.05) is 7.11 Å². The lowest BCUT2D eigenvalue weighted by Crippen LogP contribution is -2.30. The molecule has 0 aliphatic heterocycles. The topological polar surface area (TPSA) is 73.4 Å². The Hall–Kier alpha value is -3.32. The molecule has 4 rings (SSSR count). The van der Waals surface area contributed by atoms with Crippen LogP contribution in [-0.2, 0) is 20.1 Å². The molecule has 0 radical (unpaired) electrons. The van der Waals surface area contributed by atoms with Crippen LogP contribution in [-0.4, -0.2) is 32.7 Å². The Kier molecular flexibility index (Phi) is 5.46. The highest BCUT2D eigenvalue weighted by Gasteiger charge is 2.23.